The second-order valence-electron chi connectivity index (χ2n) is 6.96. The van der Waals surface area contributed by atoms with Crippen LogP contribution in [0.2, 0.25) is 5.02 Å². The third kappa shape index (κ3) is 4.95. The predicted molar refractivity (Wildman–Crippen MR) is 122 cm³/mol. The summed E-state index contributed by atoms with van der Waals surface area (Å²) in [6.07, 6.45) is 3.37. The van der Waals surface area contributed by atoms with E-state index in [9.17, 15) is 4.79 Å². The standard InChI is InChI=1S/C23H22ClN5O2/c1-16(30)25-11-12-29(23-19-9-10-26-22(19)27-15-28-23)18-6-4-5-17(13-18)14-31-21-8-3-2-7-20(21)24/h2-10,13,15H,11-12,14H2,1H3,(H,25,30)(H,26,27,28). The van der Waals surface area contributed by atoms with Crippen molar-refractivity contribution in [2.75, 3.05) is 18.0 Å². The molecular formula is C23H22ClN5O2. The van der Waals surface area contributed by atoms with E-state index in [2.05, 4.69) is 25.2 Å². The molecule has 4 rings (SSSR count). The molecule has 0 aliphatic rings. The van der Waals surface area contributed by atoms with Crippen LogP contribution in [0.5, 0.6) is 5.75 Å². The summed E-state index contributed by atoms with van der Waals surface area (Å²) in [4.78, 5) is 25.4. The molecular weight excluding hydrogens is 414 g/mol. The Balaban J connectivity index is 1.62. The fraction of sp³-hybridized carbons (Fsp3) is 0.174. The molecule has 7 nitrogen and oxygen atoms in total. The summed E-state index contributed by atoms with van der Waals surface area (Å²) in [6.45, 7) is 2.91. The number of amides is 1. The van der Waals surface area contributed by atoms with Gasteiger partial charge in [0.2, 0.25) is 5.91 Å². The molecule has 4 aromatic rings. The van der Waals surface area contributed by atoms with Gasteiger partial charge in [0.1, 0.15) is 30.1 Å². The van der Waals surface area contributed by atoms with Gasteiger partial charge in [-0.15, -0.1) is 0 Å². The van der Waals surface area contributed by atoms with Gasteiger partial charge in [-0.1, -0.05) is 35.9 Å². The number of para-hydroxylation sites is 1. The predicted octanol–water partition coefficient (Wildman–Crippen LogP) is 4.46. The number of fused-ring (bicyclic) bond motifs is 1. The summed E-state index contributed by atoms with van der Waals surface area (Å²) in [5.74, 6) is 1.33. The molecule has 0 bridgehead atoms. The summed E-state index contributed by atoms with van der Waals surface area (Å²) in [5.41, 5.74) is 2.68. The van der Waals surface area contributed by atoms with E-state index in [4.69, 9.17) is 16.3 Å². The molecule has 0 aliphatic heterocycles. The number of aromatic amines is 1. The van der Waals surface area contributed by atoms with E-state index in [0.717, 1.165) is 28.1 Å². The summed E-state index contributed by atoms with van der Waals surface area (Å²) < 4.78 is 5.90. The van der Waals surface area contributed by atoms with Crippen molar-refractivity contribution in [3.8, 4) is 5.75 Å². The Hall–Kier alpha value is -3.58. The van der Waals surface area contributed by atoms with Crippen molar-refractivity contribution in [3.63, 3.8) is 0 Å². The number of carbonyl (C=O) groups is 1. The first-order valence-electron chi connectivity index (χ1n) is 9.88. The van der Waals surface area contributed by atoms with E-state index in [-0.39, 0.29) is 5.91 Å². The Morgan fingerprint density at radius 3 is 2.87 bits per heavy atom. The summed E-state index contributed by atoms with van der Waals surface area (Å²) in [5, 5.41) is 4.33. The maximum atomic E-state index is 11.4. The number of halogens is 1. The Bertz CT molecular complexity index is 1190. The van der Waals surface area contributed by atoms with Crippen LogP contribution in [-0.4, -0.2) is 33.9 Å². The third-order valence-electron chi connectivity index (χ3n) is 4.75. The third-order valence-corrected chi connectivity index (χ3v) is 5.06. The van der Waals surface area contributed by atoms with E-state index >= 15 is 0 Å². The van der Waals surface area contributed by atoms with E-state index in [1.807, 2.05) is 54.7 Å². The maximum absolute atomic E-state index is 11.4. The molecule has 0 aliphatic carbocycles. The number of carbonyl (C=O) groups excluding carboxylic acids is 1. The lowest BCUT2D eigenvalue weighted by Gasteiger charge is -2.25. The maximum Gasteiger partial charge on any atom is 0.216 e. The van der Waals surface area contributed by atoms with Crippen molar-refractivity contribution in [3.05, 3.63) is 77.7 Å². The smallest absolute Gasteiger partial charge is 0.216 e. The van der Waals surface area contributed by atoms with Crippen molar-refractivity contribution in [2.24, 2.45) is 0 Å². The SMILES string of the molecule is CC(=O)NCCN(c1cccc(COc2ccccc2Cl)c1)c1ncnc2[nH]ccc12. The van der Waals surface area contributed by atoms with E-state index < -0.39 is 0 Å². The highest BCUT2D eigenvalue weighted by Gasteiger charge is 2.16. The molecule has 2 aromatic carbocycles. The van der Waals surface area contributed by atoms with E-state index in [0.29, 0.717) is 30.5 Å². The fourth-order valence-corrected chi connectivity index (χ4v) is 3.50. The molecule has 0 saturated heterocycles. The molecule has 2 aromatic heterocycles. The number of anilines is 2. The van der Waals surface area contributed by atoms with Gasteiger partial charge in [-0.05, 0) is 35.9 Å². The summed E-state index contributed by atoms with van der Waals surface area (Å²) in [7, 11) is 0. The van der Waals surface area contributed by atoms with Crippen LogP contribution < -0.4 is 15.0 Å². The van der Waals surface area contributed by atoms with Gasteiger partial charge in [0, 0.05) is 31.9 Å². The number of ether oxygens (including phenoxy) is 1. The highest BCUT2D eigenvalue weighted by molar-refractivity contribution is 6.32. The molecule has 0 saturated carbocycles. The molecule has 2 N–H and O–H groups in total. The van der Waals surface area contributed by atoms with Crippen LogP contribution in [0.1, 0.15) is 12.5 Å². The normalized spacial score (nSPS) is 10.8. The van der Waals surface area contributed by atoms with Gasteiger partial charge in [-0.25, -0.2) is 9.97 Å². The minimum atomic E-state index is -0.0729. The van der Waals surface area contributed by atoms with Crippen molar-refractivity contribution in [1.29, 1.82) is 0 Å². The Kier molecular flexibility index (Phi) is 6.33. The summed E-state index contributed by atoms with van der Waals surface area (Å²) in [6, 6.07) is 17.4. The molecule has 0 atom stereocenters. The molecule has 8 heteroatoms. The first-order valence-corrected chi connectivity index (χ1v) is 10.3. The van der Waals surface area contributed by atoms with Crippen LogP contribution in [0.15, 0.2) is 67.1 Å². The molecule has 0 unspecified atom stereocenters. The molecule has 0 spiro atoms. The molecule has 158 valence electrons. The van der Waals surface area contributed by atoms with Gasteiger partial charge >= 0.3 is 0 Å². The number of rotatable bonds is 8. The number of H-pyrrole nitrogens is 1. The Morgan fingerprint density at radius 1 is 1.16 bits per heavy atom. The second-order valence-corrected chi connectivity index (χ2v) is 7.37. The molecule has 0 radical (unpaired) electrons. The van der Waals surface area contributed by atoms with Gasteiger partial charge in [-0.2, -0.15) is 0 Å². The van der Waals surface area contributed by atoms with Crippen LogP contribution in [0.3, 0.4) is 0 Å². The zero-order valence-electron chi connectivity index (χ0n) is 17.0. The minimum absolute atomic E-state index is 0.0729. The Labute approximate surface area is 185 Å². The molecule has 31 heavy (non-hydrogen) atoms. The molecule has 2 heterocycles. The zero-order chi connectivity index (χ0) is 21.6. The average molecular weight is 436 g/mol. The van der Waals surface area contributed by atoms with Gasteiger partial charge in [0.05, 0.1) is 10.4 Å². The number of hydrogen-bond donors (Lipinski definition) is 2. The van der Waals surface area contributed by atoms with Crippen LogP contribution in [0.25, 0.3) is 11.0 Å². The number of benzene rings is 2. The van der Waals surface area contributed by atoms with Crippen molar-refractivity contribution in [1.82, 2.24) is 20.3 Å². The molecule has 0 fully saturated rings. The van der Waals surface area contributed by atoms with Crippen LogP contribution in [-0.2, 0) is 11.4 Å². The van der Waals surface area contributed by atoms with Gasteiger partial charge in [0.25, 0.3) is 0 Å². The first kappa shape index (κ1) is 20.7. The van der Waals surface area contributed by atoms with E-state index in [1.165, 1.54) is 13.3 Å². The highest BCUT2D eigenvalue weighted by atomic mass is 35.5. The quantitative estimate of drug-likeness (QED) is 0.427. The second kappa shape index (κ2) is 9.49. The monoisotopic (exact) mass is 435 g/mol. The number of nitrogens with one attached hydrogen (secondary N) is 2. The van der Waals surface area contributed by atoms with Crippen LogP contribution >= 0.6 is 11.6 Å². The highest BCUT2D eigenvalue weighted by Crippen LogP contribution is 2.30. The largest absolute Gasteiger partial charge is 0.487 e. The summed E-state index contributed by atoms with van der Waals surface area (Å²) >= 11 is 6.19. The van der Waals surface area contributed by atoms with Crippen LogP contribution in [0, 0.1) is 0 Å². The van der Waals surface area contributed by atoms with Gasteiger partial charge < -0.3 is 19.9 Å². The molecule has 1 amide bonds. The Morgan fingerprint density at radius 2 is 2.03 bits per heavy atom. The topological polar surface area (TPSA) is 83.1 Å². The lowest BCUT2D eigenvalue weighted by atomic mass is 10.2. The zero-order valence-corrected chi connectivity index (χ0v) is 17.8. The lowest BCUT2D eigenvalue weighted by molar-refractivity contribution is -0.118. The first-order chi connectivity index (χ1) is 15.1. The minimum Gasteiger partial charge on any atom is -0.487 e. The van der Waals surface area contributed by atoms with Gasteiger partial charge in [-0.3, -0.25) is 4.79 Å². The number of hydrogen-bond acceptors (Lipinski definition) is 5. The lowest BCUT2D eigenvalue weighted by Crippen LogP contribution is -2.32. The van der Waals surface area contributed by atoms with Crippen molar-refractivity contribution >= 4 is 40.0 Å². The average Bonchev–Trinajstić information content (AvgIpc) is 3.25. The number of aromatic nitrogens is 3. The van der Waals surface area contributed by atoms with E-state index in [1.54, 1.807) is 6.07 Å². The van der Waals surface area contributed by atoms with Crippen LogP contribution in [0.4, 0.5) is 11.5 Å². The van der Waals surface area contributed by atoms with Gasteiger partial charge in [0.15, 0.2) is 0 Å². The fourth-order valence-electron chi connectivity index (χ4n) is 3.31. The number of nitrogens with zero attached hydrogens (tertiary/aromatic N) is 3. The van der Waals surface area contributed by atoms with Crippen molar-refractivity contribution in [2.45, 2.75) is 13.5 Å². The van der Waals surface area contributed by atoms with Crippen molar-refractivity contribution < 1.29 is 9.53 Å².